The first kappa shape index (κ1) is 50.4. The van der Waals surface area contributed by atoms with E-state index in [0.717, 1.165) is 13.3 Å². The molecule has 4 amide bonds. The maximum absolute atomic E-state index is 15.7. The lowest BCUT2D eigenvalue weighted by Crippen LogP contribution is -2.62. The third-order valence-corrected chi connectivity index (χ3v) is 10.2. The lowest BCUT2D eigenvalue weighted by Gasteiger charge is -2.37. The fourth-order valence-corrected chi connectivity index (χ4v) is 5.89. The number of halogens is 11. The van der Waals surface area contributed by atoms with Gasteiger partial charge in [0.25, 0.3) is 11.8 Å². The predicted molar refractivity (Wildman–Crippen MR) is 202 cm³/mol. The Morgan fingerprint density at radius 1 is 0.918 bits per heavy atom. The molecule has 1 aromatic heterocycles. The molecule has 0 aliphatic rings. The van der Waals surface area contributed by atoms with Gasteiger partial charge in [0, 0.05) is 34.0 Å². The highest BCUT2D eigenvalue weighted by atomic mass is 127. The molecule has 4 atom stereocenters. The first-order valence-corrected chi connectivity index (χ1v) is 18.6. The van der Waals surface area contributed by atoms with Gasteiger partial charge in [-0.2, -0.15) is 35.1 Å². The summed E-state index contributed by atoms with van der Waals surface area (Å²) in [4.78, 5) is 54.7. The number of amides is 4. The summed E-state index contributed by atoms with van der Waals surface area (Å²) in [5.41, 5.74) is -0.502. The lowest BCUT2D eigenvalue weighted by atomic mass is 9.83. The van der Waals surface area contributed by atoms with Crippen molar-refractivity contribution in [3.8, 4) is 11.3 Å². The van der Waals surface area contributed by atoms with Crippen molar-refractivity contribution in [1.82, 2.24) is 30.6 Å². The van der Waals surface area contributed by atoms with Crippen LogP contribution in [0.1, 0.15) is 45.4 Å². The molecule has 1 heterocycles. The minimum absolute atomic E-state index is 0.308. The number of hydrogen-bond donors (Lipinski definition) is 5. The van der Waals surface area contributed by atoms with Gasteiger partial charge in [-0.1, -0.05) is 12.1 Å². The molecule has 0 saturated carbocycles. The average molecular weight is 1000 g/mol. The van der Waals surface area contributed by atoms with E-state index in [4.69, 9.17) is 5.73 Å². The number of alkyl halides is 8. The summed E-state index contributed by atoms with van der Waals surface area (Å²) in [5.74, 6) is -6.16. The molecule has 0 saturated heterocycles. The van der Waals surface area contributed by atoms with Crippen LogP contribution < -0.4 is 21.8 Å². The van der Waals surface area contributed by atoms with Gasteiger partial charge in [-0.3, -0.25) is 19.6 Å². The van der Waals surface area contributed by atoms with E-state index in [-0.39, 0.29) is 11.3 Å². The van der Waals surface area contributed by atoms with Crippen LogP contribution in [-0.4, -0.2) is 94.0 Å². The number of aliphatic hydroxyl groups is 1. The molecule has 61 heavy (non-hydrogen) atoms. The molecular weight excluding hydrogens is 959 g/mol. The molecule has 0 aliphatic carbocycles. The molecule has 14 nitrogen and oxygen atoms in total. The normalized spacial score (nSPS) is 14.5. The van der Waals surface area contributed by atoms with Gasteiger partial charge < -0.3 is 30.9 Å². The van der Waals surface area contributed by atoms with Gasteiger partial charge in [-0.05, 0) is 86.5 Å². The zero-order valence-electron chi connectivity index (χ0n) is 32.6. The van der Waals surface area contributed by atoms with Crippen LogP contribution in [0.5, 0.6) is 0 Å². The Morgan fingerprint density at radius 3 is 1.95 bits per heavy atom. The van der Waals surface area contributed by atoms with Crippen LogP contribution in [0.25, 0.3) is 11.3 Å². The summed E-state index contributed by atoms with van der Waals surface area (Å²) < 4.78 is 153. The van der Waals surface area contributed by atoms with Gasteiger partial charge in [-0.25, -0.2) is 28.4 Å². The number of aliphatic hydroxyl groups excluding tert-OH is 1. The summed E-state index contributed by atoms with van der Waals surface area (Å²) in [5, 5.41) is 16.0. The first-order chi connectivity index (χ1) is 28.0. The number of methoxy groups -OCH3 is 1. The van der Waals surface area contributed by atoms with Gasteiger partial charge in [0.15, 0.2) is 6.10 Å². The van der Waals surface area contributed by atoms with Crippen molar-refractivity contribution >= 4 is 46.6 Å². The summed E-state index contributed by atoms with van der Waals surface area (Å²) >= 11 is 1.94. The number of benzene rings is 2. The number of rotatable bonds is 17. The second-order valence-electron chi connectivity index (χ2n) is 14.6. The monoisotopic (exact) mass is 999 g/mol. The van der Waals surface area contributed by atoms with Crippen LogP contribution in [0.15, 0.2) is 48.9 Å². The minimum Gasteiger partial charge on any atom is -0.453 e. The summed E-state index contributed by atoms with van der Waals surface area (Å²) in [6.07, 6.45) is -17.5. The molecule has 3 rings (SSSR count). The number of imidazole rings is 1. The number of aromatic nitrogens is 2. The molecule has 2 aromatic carbocycles. The van der Waals surface area contributed by atoms with Gasteiger partial charge in [0.05, 0.1) is 36.7 Å². The largest absolute Gasteiger partial charge is 0.453 e. The Bertz CT molecular complexity index is 2010. The zero-order chi connectivity index (χ0) is 46.4. The topological polar surface area (TPSA) is 190 Å². The van der Waals surface area contributed by atoms with E-state index in [1.807, 2.05) is 28.0 Å². The quantitative estimate of drug-likeness (QED) is 0.0604. The van der Waals surface area contributed by atoms with Crippen molar-refractivity contribution in [2.24, 2.45) is 16.6 Å². The number of nitrogens with zero attached hydrogens (tertiary/aromatic N) is 3. The van der Waals surface area contributed by atoms with Crippen LogP contribution in [0.2, 0.25) is 0 Å². The number of carbonyl (C=O) groups is 4. The van der Waals surface area contributed by atoms with Gasteiger partial charge in [0.2, 0.25) is 0 Å². The SMILES string of the molecule is COC(=O)NC(C(=O)NN(Cc1c(F)cc(-c2cn(C(F)F)cn2)cc1F)CC(O)C(Cc1ccc(I)cc1)NC(=O)C(OC(N)=O)C(C)(C)C(F)(F)F)C(C)(C)C(F)(F)F. The van der Waals surface area contributed by atoms with Crippen molar-refractivity contribution in [2.75, 3.05) is 13.7 Å². The average Bonchev–Trinajstić information content (AvgIpc) is 3.64. The summed E-state index contributed by atoms with van der Waals surface area (Å²) in [6.45, 7) is -3.21. The molecule has 0 aliphatic heterocycles. The molecule has 25 heteroatoms. The number of carbonyl (C=O) groups excluding carboxylic acids is 4. The molecule has 6 N–H and O–H groups in total. The number of hydrogen-bond acceptors (Lipinski definition) is 9. The van der Waals surface area contributed by atoms with Crippen molar-refractivity contribution in [3.05, 3.63) is 75.3 Å². The number of alkyl carbamates (subject to hydrolysis) is 1. The van der Waals surface area contributed by atoms with Crippen LogP contribution in [0.4, 0.5) is 53.5 Å². The highest BCUT2D eigenvalue weighted by Gasteiger charge is 2.58. The Kier molecular flexibility index (Phi) is 16.4. The van der Waals surface area contributed by atoms with Crippen molar-refractivity contribution in [2.45, 2.75) is 83.9 Å². The van der Waals surface area contributed by atoms with Gasteiger partial charge in [0.1, 0.15) is 23.1 Å². The highest BCUT2D eigenvalue weighted by Crippen LogP contribution is 2.42. The fraction of sp³-hybridized carbons (Fsp3) is 0.472. The fourth-order valence-electron chi connectivity index (χ4n) is 5.53. The Morgan fingerprint density at radius 2 is 1.48 bits per heavy atom. The maximum atomic E-state index is 15.7. The van der Waals surface area contributed by atoms with Crippen LogP contribution in [0, 0.1) is 26.0 Å². The lowest BCUT2D eigenvalue weighted by molar-refractivity contribution is -0.238. The molecule has 0 spiro atoms. The number of primary amides is 1. The number of ether oxygens (including phenoxy) is 2. The van der Waals surface area contributed by atoms with E-state index < -0.39 is 115 Å². The van der Waals surface area contributed by atoms with Crippen LogP contribution in [0.3, 0.4) is 0 Å². The molecule has 0 fully saturated rings. The minimum atomic E-state index is -5.21. The maximum Gasteiger partial charge on any atom is 0.407 e. The van der Waals surface area contributed by atoms with Crippen LogP contribution >= 0.6 is 22.6 Å². The third-order valence-electron chi connectivity index (χ3n) is 9.47. The van der Waals surface area contributed by atoms with E-state index in [1.54, 1.807) is 17.4 Å². The molecular formula is C36H40F10IN7O7. The van der Waals surface area contributed by atoms with Crippen molar-refractivity contribution < 1.29 is 77.7 Å². The summed E-state index contributed by atoms with van der Waals surface area (Å²) in [7, 11) is 0.775. The Hall–Kier alpha value is -4.92. The standard InChI is InChI=1S/C36H40F10IN7O7/c1-33(2,35(41,42)43)26(51-32(59)60-5)28(56)52-54(13-20-21(37)11-18(12-22(20)38)24-14-53(16-49-24)30(39)40)15-25(55)23(10-17-6-8-19(47)9-7-17)50-29(57)27(61-31(48)58)34(3,4)36(44,45)46/h6-9,11-12,14,16,23,25-27,30,55H,10,13,15H2,1-5H3,(H2,48,58)(H,50,57)(H,51,59)(H,52,56). The first-order valence-electron chi connectivity index (χ1n) is 17.5. The second-order valence-corrected chi connectivity index (χ2v) is 15.8. The van der Waals surface area contributed by atoms with Gasteiger partial charge in [-0.15, -0.1) is 0 Å². The van der Waals surface area contributed by atoms with E-state index in [1.165, 1.54) is 12.1 Å². The number of nitrogens with one attached hydrogen (secondary N) is 3. The van der Waals surface area contributed by atoms with E-state index in [0.29, 0.717) is 64.9 Å². The van der Waals surface area contributed by atoms with E-state index in [9.17, 15) is 59.4 Å². The van der Waals surface area contributed by atoms with Crippen molar-refractivity contribution in [3.63, 3.8) is 0 Å². The predicted octanol–water partition coefficient (Wildman–Crippen LogP) is 6.12. The molecule has 0 radical (unpaired) electrons. The van der Waals surface area contributed by atoms with E-state index >= 15 is 8.78 Å². The van der Waals surface area contributed by atoms with Gasteiger partial charge >= 0.3 is 31.1 Å². The number of hydrazine groups is 1. The second kappa shape index (κ2) is 19.9. The Labute approximate surface area is 354 Å². The number of nitrogens with two attached hydrogens (primary N) is 1. The zero-order valence-corrected chi connectivity index (χ0v) is 34.8. The Balaban J connectivity index is 2.15. The molecule has 0 bridgehead atoms. The molecule has 3 aromatic rings. The smallest absolute Gasteiger partial charge is 0.407 e. The van der Waals surface area contributed by atoms with Crippen LogP contribution in [-0.2, 0) is 32.0 Å². The summed E-state index contributed by atoms with van der Waals surface area (Å²) in [6, 6.07) is 3.16. The highest BCUT2D eigenvalue weighted by molar-refractivity contribution is 14.1. The molecule has 338 valence electrons. The van der Waals surface area contributed by atoms with E-state index in [2.05, 4.69) is 19.8 Å². The third kappa shape index (κ3) is 12.8. The van der Waals surface area contributed by atoms with Crippen molar-refractivity contribution in [1.29, 1.82) is 0 Å². The molecule has 4 unspecified atom stereocenters.